The van der Waals surface area contributed by atoms with Crippen molar-refractivity contribution in [1.82, 2.24) is 0 Å². The number of fused-ring (bicyclic) bond motifs is 7. The molecule has 46 nitrogen and oxygen atoms in total. The Hall–Kier alpha value is -4.42. The van der Waals surface area contributed by atoms with Crippen molar-refractivity contribution >= 4 is 23.9 Å². The summed E-state index contributed by atoms with van der Waals surface area (Å²) in [5.41, 5.74) is -7.11. The zero-order valence-corrected chi connectivity index (χ0v) is 76.2. The third-order valence-corrected chi connectivity index (χ3v) is 31.0. The van der Waals surface area contributed by atoms with Gasteiger partial charge in [0.15, 0.2) is 68.4 Å². The zero-order valence-electron chi connectivity index (χ0n) is 76.2. The van der Waals surface area contributed by atoms with Crippen molar-refractivity contribution in [2.45, 2.75) is 379 Å². The first kappa shape index (κ1) is 106. The van der Waals surface area contributed by atoms with Crippen LogP contribution in [0.1, 0.15) is 140 Å². The van der Waals surface area contributed by atoms with Crippen molar-refractivity contribution in [3.05, 3.63) is 36.0 Å². The Morgan fingerprint density at radius 3 is 1.63 bits per heavy atom. The maximum Gasteiger partial charge on any atom is 0.333 e. The van der Waals surface area contributed by atoms with Crippen LogP contribution >= 0.6 is 0 Å². The first-order valence-electron chi connectivity index (χ1n) is 45.4. The van der Waals surface area contributed by atoms with Crippen LogP contribution in [0.25, 0.3) is 0 Å². The van der Waals surface area contributed by atoms with Crippen LogP contribution < -0.4 is 11.8 Å². The molecule has 46 unspecified atom stereocenters. The molecule has 0 amide bonds. The molecule has 46 heteroatoms. The number of aliphatic hydroxyl groups excluding tert-OH is 18. The molecule has 0 aromatic carbocycles. The molecule has 0 bridgehead atoms. The van der Waals surface area contributed by atoms with Crippen LogP contribution in [0, 0.1) is 50.2 Å². The second kappa shape index (κ2) is 42.0. The van der Waals surface area contributed by atoms with Gasteiger partial charge in [0.05, 0.1) is 70.2 Å². The average molecular weight is 1920 g/mol. The minimum Gasteiger partial charge on any atom is -0.463 e. The first-order valence-corrected chi connectivity index (χ1v) is 45.4. The molecule has 8 saturated heterocycles. The number of esters is 4. The van der Waals surface area contributed by atoms with Crippen LogP contribution in [-0.4, -0.2) is 413 Å². The Morgan fingerprint density at radius 2 is 1.03 bits per heavy atom. The number of carbonyl (C=O) groups excluding carboxylic acids is 4. The summed E-state index contributed by atoms with van der Waals surface area (Å²) in [5.74, 6) is 6.20. The number of hydrogen-bond acceptors (Lipinski definition) is 46. The number of rotatable bonds is 29. The van der Waals surface area contributed by atoms with Crippen LogP contribution in [0.2, 0.25) is 0 Å². The van der Waals surface area contributed by atoms with E-state index in [1.165, 1.54) is 26.0 Å². The molecule has 8 heterocycles. The highest BCUT2D eigenvalue weighted by atomic mass is 16.8. The van der Waals surface area contributed by atoms with Gasteiger partial charge in [-0.3, -0.25) is 24.1 Å². The molecule has 0 aromatic heterocycles. The third kappa shape index (κ3) is 20.6. The van der Waals surface area contributed by atoms with Gasteiger partial charge in [0.25, 0.3) is 0 Å². The van der Waals surface area contributed by atoms with Gasteiger partial charge >= 0.3 is 23.9 Å². The van der Waals surface area contributed by atoms with Crippen molar-refractivity contribution in [3.63, 3.8) is 0 Å². The van der Waals surface area contributed by atoms with Crippen molar-refractivity contribution in [2.75, 3.05) is 52.9 Å². The molecule has 4 saturated carbocycles. The smallest absolute Gasteiger partial charge is 0.333 e. The lowest BCUT2D eigenvalue weighted by molar-refractivity contribution is -0.382. The average Bonchev–Trinajstić information content (AvgIpc) is 0.662. The molecule has 5 aliphatic carbocycles. The highest BCUT2D eigenvalue weighted by Gasteiger charge is 2.76. The van der Waals surface area contributed by atoms with E-state index in [1.807, 2.05) is 40.7 Å². The van der Waals surface area contributed by atoms with Gasteiger partial charge < -0.3 is 187 Å². The quantitative estimate of drug-likeness (QED) is 0.00827. The summed E-state index contributed by atoms with van der Waals surface area (Å²) in [4.78, 5) is 65.4. The fourth-order valence-corrected chi connectivity index (χ4v) is 22.9. The molecule has 760 valence electrons. The van der Waals surface area contributed by atoms with Gasteiger partial charge in [0.1, 0.15) is 152 Å². The van der Waals surface area contributed by atoms with Gasteiger partial charge in [-0.05, 0) is 117 Å². The SMILES string of the molecule is C=CC(C)(O)CC/C=C(\C)C(=O)OC1C(O)C(CO)OC(OC(=O)C23CCC(C)(C)CC2C2=CCC4C5(C)CCC(OC6OC(COC7OCC(OC(C)=O)C(ON)C7OC7OC(COC(C)=O)C(O)C(O)C7ON)C(O)C(O)C6OC6OCC(O)C(O)C6O)C(C)(C)C5CCC4(C)C2(C)C(O)C3O)C1OC1OCC(OC2OCC(O)C(OC3OCC(O)C(O)C3O)C2O)C(O)C1O. The monoisotopic (exact) mass is 1910 g/mol. The number of nitrogens with two attached hydrogens (primary N) is 2. The highest BCUT2D eigenvalue weighted by molar-refractivity contribution is 5.88. The van der Waals surface area contributed by atoms with Crippen molar-refractivity contribution in [2.24, 2.45) is 62.0 Å². The largest absolute Gasteiger partial charge is 0.463 e. The summed E-state index contributed by atoms with van der Waals surface area (Å²) in [5, 5.41) is 218. The number of carbonyl (C=O) groups is 4. The molecule has 23 N–H and O–H groups in total. The van der Waals surface area contributed by atoms with Gasteiger partial charge in [-0.2, -0.15) is 0 Å². The summed E-state index contributed by atoms with van der Waals surface area (Å²) < 4.78 is 115. The zero-order chi connectivity index (χ0) is 97.3. The maximum atomic E-state index is 16.4. The van der Waals surface area contributed by atoms with Crippen LogP contribution in [-0.2, 0) is 119 Å². The van der Waals surface area contributed by atoms with Crippen molar-refractivity contribution in [3.8, 4) is 0 Å². The summed E-state index contributed by atoms with van der Waals surface area (Å²) >= 11 is 0. The Labute approximate surface area is 767 Å². The molecule has 8 aliphatic heterocycles. The van der Waals surface area contributed by atoms with E-state index in [0.717, 1.165) is 13.8 Å². The molecular weight excluding hydrogens is 1780 g/mol. The standard InChI is InChI=1S/C87H138N2O44/c1-13-83(9,112)20-14-15-34(2)71(110)126-64-55(101)42(26-90)121-79(68(64)129-74-60(106)54(100)45(31-117-74)122-75-61(107)62(41(95)29-116-75)127-72-58(104)50(96)39(93)27-114-72)131-80(111)87-24-23-81(5,6)25-38(87)37-16-17-48-84(10)21-19-49(82(7,8)47(84)18-22-85(48,11)86(37,12)69(108)70(87)109)125-77-65(128-73-59(105)51(97)40(94)28-115-73)56(102)52(98)44(123-77)32-118-76-67(63(132-88)46(33-119-76)120-36(4)92)130-78-66(133-89)57(103)53(99)43(124-78)30-113-35(3)91/h13,15-16,38-70,72-79,90,93-109,112H,1,14,17-33,88-89H2,2-12H3/b34-15+. The topological polar surface area (TPSA) is 699 Å². The van der Waals surface area contributed by atoms with Crippen LogP contribution in [0.15, 0.2) is 36.0 Å². The van der Waals surface area contributed by atoms with E-state index < -0.39 is 354 Å². The van der Waals surface area contributed by atoms with Crippen LogP contribution in [0.5, 0.6) is 0 Å². The second-order valence-corrected chi connectivity index (χ2v) is 40.2. The lowest BCUT2D eigenvalue weighted by Gasteiger charge is -2.72. The lowest BCUT2D eigenvalue weighted by Crippen LogP contribution is -2.73. The molecule has 133 heavy (non-hydrogen) atoms. The van der Waals surface area contributed by atoms with Gasteiger partial charge in [0, 0.05) is 24.8 Å². The molecular formula is C87H138N2O44. The van der Waals surface area contributed by atoms with Gasteiger partial charge in [-0.1, -0.05) is 72.3 Å². The van der Waals surface area contributed by atoms with Crippen LogP contribution in [0.3, 0.4) is 0 Å². The number of allylic oxidation sites excluding steroid dienone is 2. The lowest BCUT2D eigenvalue weighted by atomic mass is 9.32. The minimum atomic E-state index is -2.19. The molecule has 13 rings (SSSR count). The van der Waals surface area contributed by atoms with E-state index in [2.05, 4.69) is 20.4 Å². The van der Waals surface area contributed by atoms with Gasteiger partial charge in [-0.15, -0.1) is 6.58 Å². The summed E-state index contributed by atoms with van der Waals surface area (Å²) in [6.07, 6.45) is -59.5. The van der Waals surface area contributed by atoms with E-state index in [1.54, 1.807) is 0 Å². The maximum absolute atomic E-state index is 16.4. The molecule has 46 atom stereocenters. The first-order chi connectivity index (χ1) is 62.5. The molecule has 12 fully saturated rings. The number of hydrogen-bond donors (Lipinski definition) is 21. The predicted molar refractivity (Wildman–Crippen MR) is 439 cm³/mol. The summed E-state index contributed by atoms with van der Waals surface area (Å²) in [6, 6.07) is 0. The van der Waals surface area contributed by atoms with E-state index in [4.69, 9.17) is 111 Å². The molecule has 0 radical (unpaired) electrons. The Balaban J connectivity index is 0.760. The normalized spacial score (nSPS) is 48.7. The van der Waals surface area contributed by atoms with Crippen molar-refractivity contribution < 1.29 is 216 Å². The van der Waals surface area contributed by atoms with E-state index in [-0.39, 0.29) is 55.9 Å². The van der Waals surface area contributed by atoms with Gasteiger partial charge in [0.2, 0.25) is 6.29 Å². The second-order valence-electron chi connectivity index (χ2n) is 40.2. The third-order valence-electron chi connectivity index (χ3n) is 31.0. The molecule has 13 aliphatic rings. The fraction of sp³-hybridized carbons (Fsp3) is 0.885. The van der Waals surface area contributed by atoms with Gasteiger partial charge in [-0.25, -0.2) is 16.6 Å². The highest BCUT2D eigenvalue weighted by Crippen LogP contribution is 2.76. The minimum absolute atomic E-state index is 0.0586. The van der Waals surface area contributed by atoms with E-state index in [0.29, 0.717) is 31.3 Å². The van der Waals surface area contributed by atoms with E-state index >= 15 is 4.79 Å². The van der Waals surface area contributed by atoms with Crippen molar-refractivity contribution in [1.29, 1.82) is 0 Å². The summed E-state index contributed by atoms with van der Waals surface area (Å²) in [7, 11) is 0. The Morgan fingerprint density at radius 1 is 0.496 bits per heavy atom. The Kier molecular flexibility index (Phi) is 33.5. The Bertz CT molecular complexity index is 4020. The molecule has 0 spiro atoms. The van der Waals surface area contributed by atoms with E-state index in [9.17, 15) is 111 Å². The summed E-state index contributed by atoms with van der Waals surface area (Å²) in [6.45, 7) is 17.8. The number of aliphatic hydroxyl groups is 19. The number of ether oxygens (including phenoxy) is 19. The fourth-order valence-electron chi connectivity index (χ4n) is 22.9. The molecule has 0 aromatic rings. The van der Waals surface area contributed by atoms with Crippen LogP contribution in [0.4, 0.5) is 0 Å². The predicted octanol–water partition coefficient (Wildman–Crippen LogP) is -6.45.